The van der Waals surface area contributed by atoms with Gasteiger partial charge in [0, 0.05) is 23.8 Å². The van der Waals surface area contributed by atoms with Gasteiger partial charge in [-0.25, -0.2) is 13.2 Å². The van der Waals surface area contributed by atoms with Crippen molar-refractivity contribution < 1.29 is 27.5 Å². The van der Waals surface area contributed by atoms with Crippen LogP contribution in [0.4, 0.5) is 10.5 Å². The summed E-state index contributed by atoms with van der Waals surface area (Å²) < 4.78 is 32.5. The molecule has 13 heteroatoms. The fourth-order valence-corrected chi connectivity index (χ4v) is 5.90. The van der Waals surface area contributed by atoms with Gasteiger partial charge in [-0.05, 0) is 42.8 Å². The third-order valence-corrected chi connectivity index (χ3v) is 8.43. The van der Waals surface area contributed by atoms with Crippen LogP contribution in [0.25, 0.3) is 0 Å². The standard InChI is InChI=1S/C22H22Cl2N4O6S/c1-22(14-2-4-15(23)5-3-14)20(30)28(21(31)26-22)13-19(29)25-16-6-7-17(24)18(12-16)35(32,33)27-8-10-34-11-9-27/h2-7,12H,8-11,13H2,1H3,(H,25,29)(H,26,31)/t22-/m1/s1. The molecule has 2 saturated heterocycles. The SMILES string of the molecule is C[C@]1(c2ccc(Cl)cc2)NC(=O)N(CC(=O)Nc2ccc(Cl)c(S(=O)(=O)N3CCOCC3)c2)C1=O. The smallest absolute Gasteiger partial charge is 0.325 e. The van der Waals surface area contributed by atoms with Crippen molar-refractivity contribution in [3.63, 3.8) is 0 Å². The van der Waals surface area contributed by atoms with Gasteiger partial charge in [-0.2, -0.15) is 4.31 Å². The summed E-state index contributed by atoms with van der Waals surface area (Å²) in [5.41, 5.74) is -0.695. The summed E-state index contributed by atoms with van der Waals surface area (Å²) in [5.74, 6) is -1.29. The minimum atomic E-state index is -3.91. The lowest BCUT2D eigenvalue weighted by Crippen LogP contribution is -2.42. The van der Waals surface area contributed by atoms with E-state index in [4.69, 9.17) is 27.9 Å². The summed E-state index contributed by atoms with van der Waals surface area (Å²) in [5, 5.41) is 5.62. The number of amides is 4. The molecule has 10 nitrogen and oxygen atoms in total. The third-order valence-electron chi connectivity index (χ3n) is 5.80. The Morgan fingerprint density at radius 3 is 2.43 bits per heavy atom. The van der Waals surface area contributed by atoms with E-state index in [1.54, 1.807) is 24.3 Å². The maximum absolute atomic E-state index is 13.0. The molecule has 0 unspecified atom stereocenters. The van der Waals surface area contributed by atoms with Gasteiger partial charge in [-0.1, -0.05) is 35.3 Å². The maximum atomic E-state index is 13.0. The Hall–Kier alpha value is -2.70. The molecule has 4 rings (SSSR count). The van der Waals surface area contributed by atoms with E-state index in [9.17, 15) is 22.8 Å². The molecule has 0 saturated carbocycles. The number of sulfonamides is 1. The molecule has 2 aliphatic heterocycles. The van der Waals surface area contributed by atoms with E-state index in [0.29, 0.717) is 10.6 Å². The molecule has 2 aliphatic rings. The Labute approximate surface area is 212 Å². The molecule has 2 aromatic carbocycles. The van der Waals surface area contributed by atoms with Crippen molar-refractivity contribution in [2.75, 3.05) is 38.2 Å². The Balaban J connectivity index is 1.49. The van der Waals surface area contributed by atoms with Gasteiger partial charge in [0.25, 0.3) is 5.91 Å². The van der Waals surface area contributed by atoms with Gasteiger partial charge >= 0.3 is 6.03 Å². The fourth-order valence-electron chi connectivity index (χ4n) is 3.87. The number of nitrogens with one attached hydrogen (secondary N) is 2. The number of ether oxygens (including phenoxy) is 1. The summed E-state index contributed by atoms with van der Waals surface area (Å²) in [6, 6.07) is 9.74. The number of halogens is 2. The van der Waals surface area contributed by atoms with Gasteiger partial charge in [0.1, 0.15) is 17.0 Å². The van der Waals surface area contributed by atoms with Crippen LogP contribution >= 0.6 is 23.2 Å². The summed E-state index contributed by atoms with van der Waals surface area (Å²) >= 11 is 12.1. The van der Waals surface area contributed by atoms with Gasteiger partial charge in [0.05, 0.1) is 18.2 Å². The van der Waals surface area contributed by atoms with E-state index in [1.165, 1.54) is 29.4 Å². The number of hydrogen-bond donors (Lipinski definition) is 2. The Morgan fingerprint density at radius 1 is 1.11 bits per heavy atom. The van der Waals surface area contributed by atoms with Gasteiger partial charge in [0.15, 0.2) is 0 Å². The Kier molecular flexibility index (Phi) is 7.07. The van der Waals surface area contributed by atoms with Crippen LogP contribution in [0.5, 0.6) is 0 Å². The lowest BCUT2D eigenvalue weighted by Gasteiger charge is -2.26. The van der Waals surface area contributed by atoms with Crippen LogP contribution in [0.1, 0.15) is 12.5 Å². The summed E-state index contributed by atoms with van der Waals surface area (Å²) in [6.07, 6.45) is 0. The first-order chi connectivity index (χ1) is 16.5. The van der Waals surface area contributed by atoms with E-state index < -0.39 is 40.0 Å². The highest BCUT2D eigenvalue weighted by Gasteiger charge is 2.49. The van der Waals surface area contributed by atoms with Crippen molar-refractivity contribution in [3.8, 4) is 0 Å². The van der Waals surface area contributed by atoms with Crippen LogP contribution in [0, 0.1) is 0 Å². The second-order valence-electron chi connectivity index (χ2n) is 8.16. The first-order valence-electron chi connectivity index (χ1n) is 10.6. The molecular weight excluding hydrogens is 519 g/mol. The lowest BCUT2D eigenvalue weighted by atomic mass is 9.92. The summed E-state index contributed by atoms with van der Waals surface area (Å²) in [4.78, 5) is 38.9. The first-order valence-corrected chi connectivity index (χ1v) is 12.8. The number of benzene rings is 2. The lowest BCUT2D eigenvalue weighted by molar-refractivity contribution is -0.133. The van der Waals surface area contributed by atoms with Gasteiger partial charge in [0.2, 0.25) is 15.9 Å². The largest absolute Gasteiger partial charge is 0.379 e. The number of morpholine rings is 1. The van der Waals surface area contributed by atoms with Crippen molar-refractivity contribution in [1.29, 1.82) is 0 Å². The van der Waals surface area contributed by atoms with Crippen LogP contribution in [-0.2, 0) is 29.9 Å². The average molecular weight is 541 g/mol. The molecule has 4 amide bonds. The normalized spacial score (nSPS) is 21.2. The zero-order valence-electron chi connectivity index (χ0n) is 18.6. The number of nitrogens with zero attached hydrogens (tertiary/aromatic N) is 2. The van der Waals surface area contributed by atoms with Crippen LogP contribution in [0.3, 0.4) is 0 Å². The molecule has 2 N–H and O–H groups in total. The molecule has 2 fully saturated rings. The summed E-state index contributed by atoms with van der Waals surface area (Å²) in [6.45, 7) is 1.89. The topological polar surface area (TPSA) is 125 Å². The molecule has 0 aromatic heterocycles. The van der Waals surface area contributed by atoms with E-state index in [1.807, 2.05) is 0 Å². The highest BCUT2D eigenvalue weighted by molar-refractivity contribution is 7.89. The molecule has 0 bridgehead atoms. The number of anilines is 1. The minimum Gasteiger partial charge on any atom is -0.379 e. The predicted molar refractivity (Wildman–Crippen MR) is 129 cm³/mol. The molecule has 1 atom stereocenters. The van der Waals surface area contributed by atoms with Crippen LogP contribution in [0.15, 0.2) is 47.4 Å². The monoisotopic (exact) mass is 540 g/mol. The van der Waals surface area contributed by atoms with Crippen molar-refractivity contribution in [1.82, 2.24) is 14.5 Å². The molecule has 35 heavy (non-hydrogen) atoms. The summed E-state index contributed by atoms with van der Waals surface area (Å²) in [7, 11) is -3.91. The van der Waals surface area contributed by atoms with Crippen molar-refractivity contribution in [2.45, 2.75) is 17.4 Å². The van der Waals surface area contributed by atoms with Crippen molar-refractivity contribution in [3.05, 3.63) is 58.1 Å². The Morgan fingerprint density at radius 2 is 1.77 bits per heavy atom. The second kappa shape index (κ2) is 9.75. The predicted octanol–water partition coefficient (Wildman–Crippen LogP) is 2.42. The zero-order valence-corrected chi connectivity index (χ0v) is 20.9. The molecule has 2 aromatic rings. The molecule has 186 valence electrons. The molecule has 2 heterocycles. The number of rotatable bonds is 6. The van der Waals surface area contributed by atoms with E-state index in [-0.39, 0.29) is 41.9 Å². The van der Waals surface area contributed by atoms with Crippen LogP contribution in [-0.4, -0.2) is 68.3 Å². The fraction of sp³-hybridized carbons (Fsp3) is 0.318. The van der Waals surface area contributed by atoms with E-state index in [0.717, 1.165) is 4.90 Å². The molecular formula is C22H22Cl2N4O6S. The van der Waals surface area contributed by atoms with Gasteiger partial charge in [-0.3, -0.25) is 14.5 Å². The quantitative estimate of drug-likeness (QED) is 0.542. The van der Waals surface area contributed by atoms with Crippen molar-refractivity contribution >= 4 is 56.8 Å². The number of carbonyl (C=O) groups is 3. The average Bonchev–Trinajstić information content (AvgIpc) is 3.05. The van der Waals surface area contributed by atoms with E-state index >= 15 is 0 Å². The molecule has 0 spiro atoms. The van der Waals surface area contributed by atoms with Crippen LogP contribution < -0.4 is 10.6 Å². The highest BCUT2D eigenvalue weighted by atomic mass is 35.5. The van der Waals surface area contributed by atoms with Gasteiger partial charge < -0.3 is 15.4 Å². The van der Waals surface area contributed by atoms with Crippen molar-refractivity contribution in [2.24, 2.45) is 0 Å². The number of imide groups is 1. The second-order valence-corrected chi connectivity index (χ2v) is 10.9. The third kappa shape index (κ3) is 5.00. The molecule has 0 aliphatic carbocycles. The van der Waals surface area contributed by atoms with Gasteiger partial charge in [-0.15, -0.1) is 0 Å². The maximum Gasteiger partial charge on any atom is 0.325 e. The van der Waals surface area contributed by atoms with E-state index in [2.05, 4.69) is 10.6 Å². The molecule has 0 radical (unpaired) electrons. The van der Waals surface area contributed by atoms with Crippen LogP contribution in [0.2, 0.25) is 10.0 Å². The minimum absolute atomic E-state index is 0.00215. The first kappa shape index (κ1) is 25.4. The number of carbonyl (C=O) groups excluding carboxylic acids is 3. The number of urea groups is 1. The zero-order chi connectivity index (χ0) is 25.4. The number of hydrogen-bond acceptors (Lipinski definition) is 6. The Bertz CT molecular complexity index is 1280. The highest BCUT2D eigenvalue weighted by Crippen LogP contribution is 2.30.